The summed E-state index contributed by atoms with van der Waals surface area (Å²) in [5, 5.41) is 11.8. The molecule has 3 heteroatoms. The lowest BCUT2D eigenvalue weighted by atomic mass is 10.2. The van der Waals surface area contributed by atoms with Crippen LogP contribution in [0.5, 0.6) is 0 Å². The lowest BCUT2D eigenvalue weighted by Gasteiger charge is -2.00. The van der Waals surface area contributed by atoms with Crippen LogP contribution in [0.25, 0.3) is 0 Å². The maximum Gasteiger partial charge on any atom is 0.330 e. The van der Waals surface area contributed by atoms with Crippen molar-refractivity contribution in [3.8, 4) is 0 Å². The Hall–Kier alpha value is -0.830. The minimum absolute atomic E-state index is 0.428. The molecule has 0 aliphatic heterocycles. The van der Waals surface area contributed by atoms with Crippen molar-refractivity contribution < 1.29 is 9.90 Å². The van der Waals surface area contributed by atoms with E-state index in [0.717, 1.165) is 19.5 Å². The third-order valence-corrected chi connectivity index (χ3v) is 1.82. The molecule has 0 amide bonds. The van der Waals surface area contributed by atoms with Crippen LogP contribution in [0, 0.1) is 0 Å². The van der Waals surface area contributed by atoms with Crippen molar-refractivity contribution in [3.63, 3.8) is 0 Å². The summed E-state index contributed by atoms with van der Waals surface area (Å²) in [5.41, 5.74) is 0.428. The summed E-state index contributed by atoms with van der Waals surface area (Å²) in [6.07, 6.45) is 4.92. The van der Waals surface area contributed by atoms with Crippen LogP contribution in [0.1, 0.15) is 33.1 Å². The summed E-state index contributed by atoms with van der Waals surface area (Å²) in [6.45, 7) is 5.66. The van der Waals surface area contributed by atoms with E-state index in [1.54, 1.807) is 13.0 Å². The third-order valence-electron chi connectivity index (χ3n) is 1.82. The van der Waals surface area contributed by atoms with Crippen LogP contribution in [0.2, 0.25) is 0 Å². The van der Waals surface area contributed by atoms with Gasteiger partial charge in [-0.1, -0.05) is 19.4 Å². The lowest BCUT2D eigenvalue weighted by Crippen LogP contribution is -2.16. The summed E-state index contributed by atoms with van der Waals surface area (Å²) in [7, 11) is 0. The van der Waals surface area contributed by atoms with E-state index in [2.05, 4.69) is 12.2 Å². The molecule has 0 atom stereocenters. The number of aliphatic carboxylic acids is 1. The Kier molecular flexibility index (Phi) is 7.30. The van der Waals surface area contributed by atoms with Gasteiger partial charge in [-0.15, -0.1) is 0 Å². The first-order chi connectivity index (χ1) is 6.18. The highest BCUT2D eigenvalue weighted by Gasteiger charge is 1.96. The van der Waals surface area contributed by atoms with Crippen molar-refractivity contribution in [3.05, 3.63) is 11.6 Å². The summed E-state index contributed by atoms with van der Waals surface area (Å²) >= 11 is 0. The van der Waals surface area contributed by atoms with Crippen LogP contribution < -0.4 is 5.32 Å². The second-order valence-corrected chi connectivity index (χ2v) is 3.08. The zero-order chi connectivity index (χ0) is 10.1. The number of carboxylic acids is 1. The molecular weight excluding hydrogens is 166 g/mol. The highest BCUT2D eigenvalue weighted by molar-refractivity contribution is 5.85. The second-order valence-electron chi connectivity index (χ2n) is 3.08. The number of hydrogen-bond donors (Lipinski definition) is 2. The van der Waals surface area contributed by atoms with Gasteiger partial charge in [0.15, 0.2) is 0 Å². The first-order valence-electron chi connectivity index (χ1n) is 4.79. The molecule has 0 spiro atoms. The van der Waals surface area contributed by atoms with Crippen molar-refractivity contribution in [2.24, 2.45) is 0 Å². The fourth-order valence-corrected chi connectivity index (χ4v) is 0.905. The van der Waals surface area contributed by atoms with E-state index in [1.807, 2.05) is 0 Å². The number of nitrogens with one attached hydrogen (secondary N) is 1. The maximum absolute atomic E-state index is 10.4. The molecule has 0 unspecified atom stereocenters. The Labute approximate surface area is 79.8 Å². The van der Waals surface area contributed by atoms with Crippen LogP contribution in [-0.2, 0) is 4.79 Å². The largest absolute Gasteiger partial charge is 0.478 e. The van der Waals surface area contributed by atoms with Crippen molar-refractivity contribution in [2.45, 2.75) is 33.1 Å². The van der Waals surface area contributed by atoms with Crippen LogP contribution in [0.4, 0.5) is 0 Å². The fourth-order valence-electron chi connectivity index (χ4n) is 0.905. The average Bonchev–Trinajstić information content (AvgIpc) is 2.10. The molecule has 0 saturated carbocycles. The highest BCUT2D eigenvalue weighted by Crippen LogP contribution is 1.94. The topological polar surface area (TPSA) is 49.3 Å². The van der Waals surface area contributed by atoms with Gasteiger partial charge in [0.25, 0.3) is 0 Å². The van der Waals surface area contributed by atoms with Crippen LogP contribution in [0.15, 0.2) is 11.6 Å². The van der Waals surface area contributed by atoms with Crippen molar-refractivity contribution in [1.29, 1.82) is 0 Å². The van der Waals surface area contributed by atoms with E-state index in [1.165, 1.54) is 12.8 Å². The molecule has 13 heavy (non-hydrogen) atoms. The molecule has 0 aromatic heterocycles. The van der Waals surface area contributed by atoms with Crippen LogP contribution in [-0.4, -0.2) is 24.2 Å². The van der Waals surface area contributed by atoms with Gasteiger partial charge in [0.2, 0.25) is 0 Å². The van der Waals surface area contributed by atoms with Gasteiger partial charge in [-0.2, -0.15) is 0 Å². The van der Waals surface area contributed by atoms with Gasteiger partial charge in [0.05, 0.1) is 0 Å². The standard InChI is InChI=1S/C10H19NO2/c1-3-4-7-11-8-5-6-9(2)10(12)13/h6,11H,3-5,7-8H2,1-2H3,(H,12,13). The zero-order valence-corrected chi connectivity index (χ0v) is 8.47. The molecule has 2 N–H and O–H groups in total. The molecule has 0 aromatic rings. The third kappa shape index (κ3) is 7.53. The first kappa shape index (κ1) is 12.2. The predicted molar refractivity (Wildman–Crippen MR) is 53.8 cm³/mol. The quantitative estimate of drug-likeness (QED) is 0.469. The van der Waals surface area contributed by atoms with Gasteiger partial charge < -0.3 is 10.4 Å². The van der Waals surface area contributed by atoms with Crippen LogP contribution >= 0.6 is 0 Å². The SMILES string of the molecule is CCCCNCCC=C(C)C(=O)O. The molecule has 0 aliphatic carbocycles. The molecule has 0 radical (unpaired) electrons. The first-order valence-corrected chi connectivity index (χ1v) is 4.79. The maximum atomic E-state index is 10.4. The van der Waals surface area contributed by atoms with E-state index in [-0.39, 0.29) is 0 Å². The molecule has 0 rings (SSSR count). The lowest BCUT2D eigenvalue weighted by molar-refractivity contribution is -0.132. The van der Waals surface area contributed by atoms with E-state index >= 15 is 0 Å². The number of carbonyl (C=O) groups is 1. The van der Waals surface area contributed by atoms with Crippen molar-refractivity contribution in [2.75, 3.05) is 13.1 Å². The normalized spacial score (nSPS) is 11.7. The molecule has 0 fully saturated rings. The van der Waals surface area contributed by atoms with Gasteiger partial charge in [-0.25, -0.2) is 4.79 Å². The molecule has 0 bridgehead atoms. The number of unbranched alkanes of at least 4 members (excludes halogenated alkanes) is 1. The Bertz CT molecular complexity index is 176. The molecule has 76 valence electrons. The molecule has 0 aliphatic rings. The van der Waals surface area contributed by atoms with E-state index < -0.39 is 5.97 Å². The number of hydrogen-bond acceptors (Lipinski definition) is 2. The van der Waals surface area contributed by atoms with Crippen molar-refractivity contribution >= 4 is 5.97 Å². The van der Waals surface area contributed by atoms with Crippen LogP contribution in [0.3, 0.4) is 0 Å². The van der Waals surface area contributed by atoms with Gasteiger partial charge in [-0.3, -0.25) is 0 Å². The summed E-state index contributed by atoms with van der Waals surface area (Å²) in [6, 6.07) is 0. The van der Waals surface area contributed by atoms with E-state index in [9.17, 15) is 4.79 Å². The second kappa shape index (κ2) is 7.80. The fraction of sp³-hybridized carbons (Fsp3) is 0.700. The monoisotopic (exact) mass is 185 g/mol. The zero-order valence-electron chi connectivity index (χ0n) is 8.47. The summed E-state index contributed by atoms with van der Waals surface area (Å²) in [5.74, 6) is -0.825. The minimum atomic E-state index is -0.825. The van der Waals surface area contributed by atoms with Gasteiger partial charge in [-0.05, 0) is 32.9 Å². The Morgan fingerprint density at radius 1 is 1.46 bits per heavy atom. The summed E-state index contributed by atoms with van der Waals surface area (Å²) in [4.78, 5) is 10.4. The number of rotatable bonds is 7. The van der Waals surface area contributed by atoms with E-state index in [4.69, 9.17) is 5.11 Å². The minimum Gasteiger partial charge on any atom is -0.478 e. The van der Waals surface area contributed by atoms with Gasteiger partial charge in [0.1, 0.15) is 0 Å². The van der Waals surface area contributed by atoms with E-state index in [0.29, 0.717) is 5.57 Å². The molecule has 0 saturated heterocycles. The molecule has 3 nitrogen and oxygen atoms in total. The smallest absolute Gasteiger partial charge is 0.330 e. The van der Waals surface area contributed by atoms with Gasteiger partial charge >= 0.3 is 5.97 Å². The van der Waals surface area contributed by atoms with Gasteiger partial charge in [0, 0.05) is 5.57 Å². The highest BCUT2D eigenvalue weighted by atomic mass is 16.4. The Morgan fingerprint density at radius 2 is 2.15 bits per heavy atom. The molecular formula is C10H19NO2. The Morgan fingerprint density at radius 3 is 2.69 bits per heavy atom. The van der Waals surface area contributed by atoms with Crippen molar-refractivity contribution in [1.82, 2.24) is 5.32 Å². The molecule has 0 heterocycles. The predicted octanol–water partition coefficient (Wildman–Crippen LogP) is 1.80. The number of carboxylic acid groups (broad SMARTS) is 1. The summed E-state index contributed by atoms with van der Waals surface area (Å²) < 4.78 is 0. The molecule has 0 aromatic carbocycles. The average molecular weight is 185 g/mol. The Balaban J connectivity index is 3.34.